The largest absolute Gasteiger partial charge is 0.312 e. The molecule has 1 fully saturated rings. The molecule has 0 spiro atoms. The van der Waals surface area contributed by atoms with Crippen LogP contribution in [0.4, 0.5) is 0 Å². The molecule has 6 heteroatoms. The molecule has 21 heavy (non-hydrogen) atoms. The summed E-state index contributed by atoms with van der Waals surface area (Å²) in [5.74, 6) is 1.11. The van der Waals surface area contributed by atoms with Crippen LogP contribution in [0.5, 0.6) is 0 Å². The Kier molecular flexibility index (Phi) is 6.22. The SMILES string of the molecule is CCCNCc1sccc1S(=O)(=O)NCC1CCCC1C. The molecule has 120 valence electrons. The lowest BCUT2D eigenvalue weighted by atomic mass is 9.99. The lowest BCUT2D eigenvalue weighted by Gasteiger charge is -2.16. The summed E-state index contributed by atoms with van der Waals surface area (Å²) >= 11 is 1.50. The molecule has 1 aliphatic carbocycles. The Bertz CT molecular complexity index is 540. The van der Waals surface area contributed by atoms with Gasteiger partial charge in [0.25, 0.3) is 0 Å². The molecule has 0 aliphatic heterocycles. The van der Waals surface area contributed by atoms with Gasteiger partial charge in [-0.15, -0.1) is 11.3 Å². The van der Waals surface area contributed by atoms with Gasteiger partial charge in [0.05, 0.1) is 4.90 Å². The van der Waals surface area contributed by atoms with E-state index in [0.717, 1.165) is 24.3 Å². The van der Waals surface area contributed by atoms with Crippen LogP contribution in [-0.2, 0) is 16.6 Å². The molecule has 0 bridgehead atoms. The minimum Gasteiger partial charge on any atom is -0.312 e. The lowest BCUT2D eigenvalue weighted by molar-refractivity contribution is 0.414. The molecule has 4 nitrogen and oxygen atoms in total. The van der Waals surface area contributed by atoms with Crippen LogP contribution in [0.3, 0.4) is 0 Å². The maximum absolute atomic E-state index is 12.5. The Labute approximate surface area is 132 Å². The second kappa shape index (κ2) is 7.72. The van der Waals surface area contributed by atoms with E-state index in [4.69, 9.17) is 0 Å². The molecular formula is C15H26N2O2S2. The molecule has 1 aromatic rings. The Morgan fingerprint density at radius 3 is 2.86 bits per heavy atom. The fraction of sp³-hybridized carbons (Fsp3) is 0.733. The number of nitrogens with one attached hydrogen (secondary N) is 2. The Balaban J connectivity index is 1.97. The van der Waals surface area contributed by atoms with Crippen molar-refractivity contribution in [3.8, 4) is 0 Å². The van der Waals surface area contributed by atoms with Gasteiger partial charge in [0.2, 0.25) is 10.0 Å². The van der Waals surface area contributed by atoms with Gasteiger partial charge in [0.1, 0.15) is 0 Å². The molecule has 0 saturated heterocycles. The van der Waals surface area contributed by atoms with E-state index >= 15 is 0 Å². The van der Waals surface area contributed by atoms with Crippen molar-refractivity contribution in [2.75, 3.05) is 13.1 Å². The summed E-state index contributed by atoms with van der Waals surface area (Å²) in [6.45, 7) is 6.42. The van der Waals surface area contributed by atoms with Gasteiger partial charge in [-0.1, -0.05) is 26.7 Å². The van der Waals surface area contributed by atoms with Crippen LogP contribution < -0.4 is 10.0 Å². The molecule has 0 radical (unpaired) electrons. The Morgan fingerprint density at radius 2 is 2.19 bits per heavy atom. The highest BCUT2D eigenvalue weighted by Gasteiger charge is 2.26. The third-order valence-corrected chi connectivity index (χ3v) is 6.84. The highest BCUT2D eigenvalue weighted by molar-refractivity contribution is 7.89. The van der Waals surface area contributed by atoms with E-state index < -0.39 is 10.0 Å². The average molecular weight is 331 g/mol. The molecular weight excluding hydrogens is 304 g/mol. The van der Waals surface area contributed by atoms with Gasteiger partial charge in [-0.25, -0.2) is 13.1 Å². The first-order chi connectivity index (χ1) is 10.0. The zero-order valence-electron chi connectivity index (χ0n) is 12.9. The third-order valence-electron chi connectivity index (χ3n) is 4.28. The van der Waals surface area contributed by atoms with Gasteiger partial charge >= 0.3 is 0 Å². The Hall–Kier alpha value is -0.430. The van der Waals surface area contributed by atoms with Crippen LogP contribution in [0.25, 0.3) is 0 Å². The summed E-state index contributed by atoms with van der Waals surface area (Å²) in [6, 6.07) is 1.72. The first-order valence-electron chi connectivity index (χ1n) is 7.81. The van der Waals surface area contributed by atoms with Gasteiger partial charge in [-0.05, 0) is 42.7 Å². The van der Waals surface area contributed by atoms with Gasteiger partial charge < -0.3 is 5.32 Å². The van der Waals surface area contributed by atoms with Crippen molar-refractivity contribution in [3.05, 3.63) is 16.3 Å². The summed E-state index contributed by atoms with van der Waals surface area (Å²) in [6.07, 6.45) is 4.62. The van der Waals surface area contributed by atoms with E-state index in [1.165, 1.54) is 24.2 Å². The second-order valence-electron chi connectivity index (χ2n) is 5.90. The van der Waals surface area contributed by atoms with Gasteiger partial charge in [0, 0.05) is 18.0 Å². The topological polar surface area (TPSA) is 58.2 Å². The van der Waals surface area contributed by atoms with Crippen molar-refractivity contribution in [2.24, 2.45) is 11.8 Å². The Morgan fingerprint density at radius 1 is 1.38 bits per heavy atom. The van der Waals surface area contributed by atoms with E-state index in [9.17, 15) is 8.42 Å². The third kappa shape index (κ3) is 4.52. The van der Waals surface area contributed by atoms with Crippen LogP contribution in [-0.4, -0.2) is 21.5 Å². The number of hydrogen-bond acceptors (Lipinski definition) is 4. The molecule has 2 atom stereocenters. The van der Waals surface area contributed by atoms with Gasteiger partial charge in [-0.3, -0.25) is 0 Å². The predicted molar refractivity (Wildman–Crippen MR) is 88.0 cm³/mol. The van der Waals surface area contributed by atoms with Gasteiger partial charge in [-0.2, -0.15) is 0 Å². The number of sulfonamides is 1. The zero-order chi connectivity index (χ0) is 15.3. The molecule has 2 N–H and O–H groups in total. The molecule has 0 aromatic carbocycles. The van der Waals surface area contributed by atoms with Crippen molar-refractivity contribution < 1.29 is 8.42 Å². The molecule has 0 amide bonds. The molecule has 1 saturated carbocycles. The minimum atomic E-state index is -3.38. The quantitative estimate of drug-likeness (QED) is 0.721. The van der Waals surface area contributed by atoms with Crippen LogP contribution in [0.15, 0.2) is 16.3 Å². The lowest BCUT2D eigenvalue weighted by Crippen LogP contribution is -2.31. The van der Waals surface area contributed by atoms with E-state index in [2.05, 4.69) is 23.9 Å². The monoisotopic (exact) mass is 330 g/mol. The zero-order valence-corrected chi connectivity index (χ0v) is 14.5. The molecule has 1 heterocycles. The van der Waals surface area contributed by atoms with Gasteiger partial charge in [0.15, 0.2) is 0 Å². The summed E-state index contributed by atoms with van der Waals surface area (Å²) in [5, 5.41) is 5.13. The summed E-state index contributed by atoms with van der Waals surface area (Å²) in [5.41, 5.74) is 0. The predicted octanol–water partition coefficient (Wildman–Crippen LogP) is 2.96. The maximum Gasteiger partial charge on any atom is 0.241 e. The van der Waals surface area contributed by atoms with Crippen molar-refractivity contribution in [3.63, 3.8) is 0 Å². The van der Waals surface area contributed by atoms with Crippen molar-refractivity contribution in [1.29, 1.82) is 0 Å². The number of hydrogen-bond donors (Lipinski definition) is 2. The van der Waals surface area contributed by atoms with Crippen LogP contribution >= 0.6 is 11.3 Å². The van der Waals surface area contributed by atoms with Crippen LogP contribution in [0.2, 0.25) is 0 Å². The van der Waals surface area contributed by atoms with Crippen molar-refractivity contribution >= 4 is 21.4 Å². The molecule has 2 rings (SSSR count). The first-order valence-corrected chi connectivity index (χ1v) is 10.2. The average Bonchev–Trinajstić information content (AvgIpc) is 3.06. The van der Waals surface area contributed by atoms with E-state index in [0.29, 0.717) is 29.8 Å². The van der Waals surface area contributed by atoms with Crippen LogP contribution in [0, 0.1) is 11.8 Å². The maximum atomic E-state index is 12.5. The standard InChI is InChI=1S/C15H26N2O2S2/c1-3-8-16-11-14-15(7-9-20-14)21(18,19)17-10-13-6-4-5-12(13)2/h7,9,12-13,16-17H,3-6,8,10-11H2,1-2H3. The highest BCUT2D eigenvalue weighted by Crippen LogP contribution is 2.31. The molecule has 1 aliphatic rings. The summed E-state index contributed by atoms with van der Waals surface area (Å²) in [4.78, 5) is 1.34. The molecule has 2 unspecified atom stereocenters. The first kappa shape index (κ1) is 16.9. The number of thiophene rings is 1. The van der Waals surface area contributed by atoms with E-state index in [1.54, 1.807) is 6.07 Å². The minimum absolute atomic E-state index is 0.446. The fourth-order valence-electron chi connectivity index (χ4n) is 2.90. The second-order valence-corrected chi connectivity index (χ2v) is 8.64. The van der Waals surface area contributed by atoms with Crippen molar-refractivity contribution in [1.82, 2.24) is 10.0 Å². The van der Waals surface area contributed by atoms with E-state index in [-0.39, 0.29) is 0 Å². The van der Waals surface area contributed by atoms with E-state index in [1.807, 2.05) is 5.38 Å². The van der Waals surface area contributed by atoms with Crippen LogP contribution in [0.1, 0.15) is 44.4 Å². The summed E-state index contributed by atoms with van der Waals surface area (Å²) in [7, 11) is -3.38. The molecule has 1 aromatic heterocycles. The number of rotatable bonds is 8. The normalized spacial score (nSPS) is 22.8. The summed E-state index contributed by atoms with van der Waals surface area (Å²) < 4.78 is 27.8. The van der Waals surface area contributed by atoms with Crippen molar-refractivity contribution in [2.45, 2.75) is 51.0 Å². The smallest absolute Gasteiger partial charge is 0.241 e. The fourth-order valence-corrected chi connectivity index (χ4v) is 5.40. The highest BCUT2D eigenvalue weighted by atomic mass is 32.2.